The molecule has 2 aliphatic rings. The summed E-state index contributed by atoms with van der Waals surface area (Å²) in [6, 6.07) is 5.76. The molecule has 1 N–H and O–H groups in total. The van der Waals surface area contributed by atoms with Gasteiger partial charge >= 0.3 is 0 Å². The molecule has 104 valence electrons. The van der Waals surface area contributed by atoms with Crippen LogP contribution in [0.25, 0.3) is 0 Å². The summed E-state index contributed by atoms with van der Waals surface area (Å²) in [5.74, 6) is -0.622. The molecule has 2 amide bonds. The van der Waals surface area contributed by atoms with Crippen LogP contribution in [0.5, 0.6) is 0 Å². The van der Waals surface area contributed by atoms with Gasteiger partial charge in [-0.15, -0.1) is 0 Å². The number of amides is 2. The first-order chi connectivity index (χ1) is 9.56. The fourth-order valence-electron chi connectivity index (χ4n) is 3.05. The zero-order valence-electron chi connectivity index (χ0n) is 10.8. The van der Waals surface area contributed by atoms with E-state index in [1.165, 1.54) is 0 Å². The molecule has 1 heterocycles. The van der Waals surface area contributed by atoms with Crippen LogP contribution < -0.4 is 5.32 Å². The molecule has 5 heteroatoms. The van der Waals surface area contributed by atoms with E-state index in [0.717, 1.165) is 14.7 Å². The van der Waals surface area contributed by atoms with Crippen molar-refractivity contribution in [3.63, 3.8) is 0 Å². The van der Waals surface area contributed by atoms with Crippen LogP contribution in [0.3, 0.4) is 0 Å². The Morgan fingerprint density at radius 3 is 2.70 bits per heavy atom. The van der Waals surface area contributed by atoms with Crippen molar-refractivity contribution in [1.29, 1.82) is 0 Å². The van der Waals surface area contributed by atoms with Crippen molar-refractivity contribution < 1.29 is 14.4 Å². The smallest absolute Gasteiger partial charge is 0.229 e. The Kier molecular flexibility index (Phi) is 3.62. The number of carbonyl (C=O) groups excluding carboxylic acids is 3. The van der Waals surface area contributed by atoms with Gasteiger partial charge in [0, 0.05) is 27.4 Å². The minimum Gasteiger partial charge on any atom is -0.296 e. The third-order valence-corrected chi connectivity index (χ3v) is 5.14. The fourth-order valence-corrected chi connectivity index (χ4v) is 3.77. The number of fused-ring (bicyclic) bond motifs is 1. The summed E-state index contributed by atoms with van der Waals surface area (Å²) >= 11 is 2.25. The number of nitrogens with one attached hydrogen (secondary N) is 1. The van der Waals surface area contributed by atoms with Gasteiger partial charge in [0.25, 0.3) is 0 Å². The molecule has 0 saturated carbocycles. The maximum atomic E-state index is 12.4. The lowest BCUT2D eigenvalue weighted by Crippen LogP contribution is -2.41. The van der Waals surface area contributed by atoms with Crippen molar-refractivity contribution in [2.75, 3.05) is 0 Å². The van der Waals surface area contributed by atoms with Gasteiger partial charge in [0.05, 0.1) is 0 Å². The minimum absolute atomic E-state index is 0.120. The van der Waals surface area contributed by atoms with Crippen LogP contribution in [-0.4, -0.2) is 17.6 Å². The van der Waals surface area contributed by atoms with Crippen LogP contribution in [0.2, 0.25) is 0 Å². The number of hydrogen-bond donors (Lipinski definition) is 1. The number of benzene rings is 1. The second-order valence-electron chi connectivity index (χ2n) is 5.41. The molecule has 0 bridgehead atoms. The first kappa shape index (κ1) is 13.7. The minimum atomic E-state index is -0.222. The molecule has 1 aliphatic heterocycles. The van der Waals surface area contributed by atoms with Gasteiger partial charge in [-0.05, 0) is 53.5 Å². The highest BCUT2D eigenvalue weighted by atomic mass is 127. The topological polar surface area (TPSA) is 63.2 Å². The van der Waals surface area contributed by atoms with Gasteiger partial charge in [-0.1, -0.05) is 12.1 Å². The highest BCUT2D eigenvalue weighted by Gasteiger charge is 2.36. The Labute approximate surface area is 130 Å². The third-order valence-electron chi connectivity index (χ3n) is 4.13. The van der Waals surface area contributed by atoms with E-state index in [1.54, 1.807) is 0 Å². The summed E-state index contributed by atoms with van der Waals surface area (Å²) in [4.78, 5) is 35.3. The molecule has 2 unspecified atom stereocenters. The lowest BCUT2D eigenvalue weighted by atomic mass is 9.86. The van der Waals surface area contributed by atoms with E-state index >= 15 is 0 Å². The molecule has 2 atom stereocenters. The van der Waals surface area contributed by atoms with Crippen molar-refractivity contribution >= 4 is 40.2 Å². The van der Waals surface area contributed by atoms with Gasteiger partial charge in [0.15, 0.2) is 5.78 Å². The molecule has 1 fully saturated rings. The highest BCUT2D eigenvalue weighted by Crippen LogP contribution is 2.35. The Morgan fingerprint density at radius 2 is 2.00 bits per heavy atom. The number of ketones is 1. The summed E-state index contributed by atoms with van der Waals surface area (Å²) in [7, 11) is 0. The third kappa shape index (κ3) is 2.39. The molecule has 0 aromatic heterocycles. The van der Waals surface area contributed by atoms with E-state index in [4.69, 9.17) is 0 Å². The van der Waals surface area contributed by atoms with E-state index in [9.17, 15) is 14.4 Å². The van der Waals surface area contributed by atoms with Crippen molar-refractivity contribution in [3.8, 4) is 0 Å². The molecule has 3 rings (SSSR count). The summed E-state index contributed by atoms with van der Waals surface area (Å²) < 4.78 is 1.11. The number of piperidine rings is 1. The summed E-state index contributed by atoms with van der Waals surface area (Å²) in [6.07, 6.45) is 2.19. The second-order valence-corrected chi connectivity index (χ2v) is 6.58. The van der Waals surface area contributed by atoms with Crippen LogP contribution in [0, 0.1) is 15.4 Å². The van der Waals surface area contributed by atoms with Gasteiger partial charge in [-0.2, -0.15) is 0 Å². The number of carbonyl (C=O) groups is 3. The van der Waals surface area contributed by atoms with Crippen molar-refractivity contribution in [1.82, 2.24) is 5.32 Å². The largest absolute Gasteiger partial charge is 0.296 e. The second kappa shape index (κ2) is 5.27. The average Bonchev–Trinajstić information content (AvgIpc) is 2.72. The van der Waals surface area contributed by atoms with Crippen molar-refractivity contribution in [2.45, 2.75) is 25.7 Å². The molecule has 1 aliphatic carbocycles. The zero-order valence-corrected chi connectivity index (χ0v) is 13.0. The summed E-state index contributed by atoms with van der Waals surface area (Å²) in [6.45, 7) is 0. The molecular formula is C15H14INO3. The maximum absolute atomic E-state index is 12.4. The van der Waals surface area contributed by atoms with Crippen LogP contribution in [0.15, 0.2) is 18.2 Å². The van der Waals surface area contributed by atoms with Crippen molar-refractivity contribution in [3.05, 3.63) is 32.9 Å². The number of rotatable bonds is 2. The summed E-state index contributed by atoms with van der Waals surface area (Å²) in [5, 5.41) is 2.36. The van der Waals surface area contributed by atoms with Gasteiger partial charge < -0.3 is 0 Å². The lowest BCUT2D eigenvalue weighted by Gasteiger charge is -2.22. The molecular weight excluding hydrogens is 369 g/mol. The normalized spacial score (nSPS) is 25.6. The Balaban J connectivity index is 1.75. The monoisotopic (exact) mass is 383 g/mol. The maximum Gasteiger partial charge on any atom is 0.229 e. The van der Waals surface area contributed by atoms with Gasteiger partial charge in [-0.3, -0.25) is 19.7 Å². The Bertz CT molecular complexity index is 611. The predicted octanol–water partition coefficient (Wildman–Crippen LogP) is 2.09. The van der Waals surface area contributed by atoms with E-state index in [0.29, 0.717) is 25.7 Å². The Morgan fingerprint density at radius 1 is 1.20 bits per heavy atom. The molecule has 0 radical (unpaired) electrons. The highest BCUT2D eigenvalue weighted by molar-refractivity contribution is 14.1. The summed E-state index contributed by atoms with van der Waals surface area (Å²) in [5.41, 5.74) is 1.91. The average molecular weight is 383 g/mol. The van der Waals surface area contributed by atoms with Crippen LogP contribution in [0.4, 0.5) is 0 Å². The SMILES string of the molecule is O=C1CCC(CC2Cc3c(I)cccc3C2=O)C(=O)N1. The van der Waals surface area contributed by atoms with E-state index in [-0.39, 0.29) is 29.4 Å². The number of hydrogen-bond acceptors (Lipinski definition) is 3. The fraction of sp³-hybridized carbons (Fsp3) is 0.400. The molecule has 1 aromatic carbocycles. The molecule has 1 saturated heterocycles. The molecule has 0 spiro atoms. The zero-order chi connectivity index (χ0) is 14.3. The van der Waals surface area contributed by atoms with Crippen LogP contribution >= 0.6 is 22.6 Å². The van der Waals surface area contributed by atoms with Crippen molar-refractivity contribution in [2.24, 2.45) is 11.8 Å². The predicted molar refractivity (Wildman–Crippen MR) is 81.2 cm³/mol. The van der Waals surface area contributed by atoms with E-state index < -0.39 is 0 Å². The lowest BCUT2D eigenvalue weighted by molar-refractivity contribution is -0.136. The number of halogens is 1. The quantitative estimate of drug-likeness (QED) is 0.629. The van der Waals surface area contributed by atoms with E-state index in [2.05, 4.69) is 27.9 Å². The first-order valence-corrected chi connectivity index (χ1v) is 7.79. The van der Waals surface area contributed by atoms with Crippen LogP contribution in [-0.2, 0) is 16.0 Å². The van der Waals surface area contributed by atoms with Gasteiger partial charge in [-0.25, -0.2) is 0 Å². The molecule has 1 aromatic rings. The number of Topliss-reactive ketones (excluding diaryl/α,β-unsaturated/α-hetero) is 1. The number of imide groups is 1. The van der Waals surface area contributed by atoms with Gasteiger partial charge in [0.2, 0.25) is 11.8 Å². The molecule has 4 nitrogen and oxygen atoms in total. The van der Waals surface area contributed by atoms with Crippen LogP contribution in [0.1, 0.15) is 35.2 Å². The molecule has 20 heavy (non-hydrogen) atoms. The standard InChI is InChI=1S/C15H14INO3/c16-12-3-1-2-10-11(12)7-9(14(10)19)6-8-4-5-13(18)17-15(8)20/h1-3,8-9H,4-7H2,(H,17,18,20). The first-order valence-electron chi connectivity index (χ1n) is 6.71. The van der Waals surface area contributed by atoms with E-state index in [1.807, 2.05) is 18.2 Å². The Hall–Kier alpha value is -1.24. The van der Waals surface area contributed by atoms with Gasteiger partial charge in [0.1, 0.15) is 0 Å².